The Kier molecular flexibility index (Phi) is 4.39. The van der Waals surface area contributed by atoms with E-state index in [9.17, 15) is 0 Å². The van der Waals surface area contributed by atoms with Gasteiger partial charge in [-0.2, -0.15) is 0 Å². The molecule has 0 aromatic carbocycles. The average Bonchev–Trinajstić information content (AvgIpc) is 3.09. The smallest absolute Gasteiger partial charge is 0.134 e. The van der Waals surface area contributed by atoms with E-state index in [2.05, 4.69) is 41.4 Å². The van der Waals surface area contributed by atoms with Crippen LogP contribution >= 0.6 is 0 Å². The predicted molar refractivity (Wildman–Crippen MR) is 76.0 cm³/mol. The minimum atomic E-state index is 0.830. The SMILES string of the molecule is CCCNc1ncnc(NCC2CC2C)c1CC. The fourth-order valence-corrected chi connectivity index (χ4v) is 2.21. The quantitative estimate of drug-likeness (QED) is 0.779. The van der Waals surface area contributed by atoms with Crippen molar-refractivity contribution in [3.63, 3.8) is 0 Å². The lowest BCUT2D eigenvalue weighted by molar-refractivity contribution is 0.782. The second-order valence-corrected chi connectivity index (χ2v) is 5.18. The molecule has 1 aromatic rings. The zero-order valence-corrected chi connectivity index (χ0v) is 11.7. The highest BCUT2D eigenvalue weighted by atomic mass is 15.1. The topological polar surface area (TPSA) is 49.8 Å². The third kappa shape index (κ3) is 3.12. The molecule has 0 saturated heterocycles. The number of anilines is 2. The van der Waals surface area contributed by atoms with E-state index >= 15 is 0 Å². The number of nitrogens with zero attached hydrogens (tertiary/aromatic N) is 2. The van der Waals surface area contributed by atoms with Crippen molar-refractivity contribution >= 4 is 11.6 Å². The Balaban J connectivity index is 2.03. The van der Waals surface area contributed by atoms with Crippen molar-refractivity contribution in [2.45, 2.75) is 40.0 Å². The van der Waals surface area contributed by atoms with Crippen LogP contribution in [0, 0.1) is 11.8 Å². The Hall–Kier alpha value is -1.32. The molecule has 2 unspecified atom stereocenters. The Morgan fingerprint density at radius 1 is 1.22 bits per heavy atom. The monoisotopic (exact) mass is 248 g/mol. The van der Waals surface area contributed by atoms with Crippen LogP contribution in [0.15, 0.2) is 6.33 Å². The molecule has 1 aliphatic rings. The summed E-state index contributed by atoms with van der Waals surface area (Å²) in [6.07, 6.45) is 5.06. The van der Waals surface area contributed by atoms with Gasteiger partial charge in [-0.15, -0.1) is 0 Å². The maximum absolute atomic E-state index is 4.38. The molecule has 2 rings (SSSR count). The maximum Gasteiger partial charge on any atom is 0.134 e. The molecule has 1 heterocycles. The van der Waals surface area contributed by atoms with Crippen LogP contribution in [0.4, 0.5) is 11.6 Å². The molecule has 1 aromatic heterocycles. The molecule has 4 heteroatoms. The van der Waals surface area contributed by atoms with Gasteiger partial charge in [-0.3, -0.25) is 0 Å². The van der Waals surface area contributed by atoms with Crippen molar-refractivity contribution < 1.29 is 0 Å². The van der Waals surface area contributed by atoms with Crippen LogP contribution in [-0.2, 0) is 6.42 Å². The molecule has 2 N–H and O–H groups in total. The van der Waals surface area contributed by atoms with Crippen LogP contribution < -0.4 is 10.6 Å². The summed E-state index contributed by atoms with van der Waals surface area (Å²) in [6.45, 7) is 8.62. The first-order chi connectivity index (χ1) is 8.76. The van der Waals surface area contributed by atoms with Crippen LogP contribution in [0.5, 0.6) is 0 Å². The minimum absolute atomic E-state index is 0.830. The highest BCUT2D eigenvalue weighted by Crippen LogP contribution is 2.37. The molecular weight excluding hydrogens is 224 g/mol. The third-order valence-corrected chi connectivity index (χ3v) is 3.65. The maximum atomic E-state index is 4.38. The van der Waals surface area contributed by atoms with Gasteiger partial charge in [0.15, 0.2) is 0 Å². The molecule has 1 saturated carbocycles. The first-order valence-electron chi connectivity index (χ1n) is 7.07. The summed E-state index contributed by atoms with van der Waals surface area (Å²) in [5.74, 6) is 3.70. The van der Waals surface area contributed by atoms with Gasteiger partial charge >= 0.3 is 0 Å². The summed E-state index contributed by atoms with van der Waals surface area (Å²) >= 11 is 0. The van der Waals surface area contributed by atoms with Gasteiger partial charge < -0.3 is 10.6 Å². The van der Waals surface area contributed by atoms with Crippen molar-refractivity contribution in [1.82, 2.24) is 9.97 Å². The van der Waals surface area contributed by atoms with Gasteiger partial charge in [-0.25, -0.2) is 9.97 Å². The van der Waals surface area contributed by atoms with E-state index in [1.165, 1.54) is 12.0 Å². The van der Waals surface area contributed by atoms with Crippen LogP contribution in [0.25, 0.3) is 0 Å². The van der Waals surface area contributed by atoms with Gasteiger partial charge in [0.1, 0.15) is 18.0 Å². The van der Waals surface area contributed by atoms with Gasteiger partial charge in [0.2, 0.25) is 0 Å². The highest BCUT2D eigenvalue weighted by molar-refractivity contribution is 5.57. The Morgan fingerprint density at radius 3 is 2.44 bits per heavy atom. The van der Waals surface area contributed by atoms with E-state index in [1.54, 1.807) is 6.33 Å². The molecule has 0 amide bonds. The van der Waals surface area contributed by atoms with Crippen LogP contribution in [-0.4, -0.2) is 23.1 Å². The van der Waals surface area contributed by atoms with Crippen molar-refractivity contribution in [3.8, 4) is 0 Å². The molecule has 1 fully saturated rings. The van der Waals surface area contributed by atoms with Crippen molar-refractivity contribution in [1.29, 1.82) is 0 Å². The molecule has 0 radical (unpaired) electrons. The van der Waals surface area contributed by atoms with Crippen molar-refractivity contribution in [3.05, 3.63) is 11.9 Å². The van der Waals surface area contributed by atoms with Gasteiger partial charge in [-0.05, 0) is 31.1 Å². The van der Waals surface area contributed by atoms with Gasteiger partial charge in [0.25, 0.3) is 0 Å². The summed E-state index contributed by atoms with van der Waals surface area (Å²) in [6, 6.07) is 0. The molecule has 100 valence electrons. The molecule has 0 bridgehead atoms. The third-order valence-electron chi connectivity index (χ3n) is 3.65. The lowest BCUT2D eigenvalue weighted by Crippen LogP contribution is -2.12. The zero-order chi connectivity index (χ0) is 13.0. The van der Waals surface area contributed by atoms with Gasteiger partial charge in [0, 0.05) is 18.7 Å². The van der Waals surface area contributed by atoms with Crippen LogP contribution in [0.1, 0.15) is 39.2 Å². The van der Waals surface area contributed by atoms with E-state index in [-0.39, 0.29) is 0 Å². The largest absolute Gasteiger partial charge is 0.370 e. The minimum Gasteiger partial charge on any atom is -0.370 e. The first-order valence-corrected chi connectivity index (χ1v) is 7.07. The fraction of sp³-hybridized carbons (Fsp3) is 0.714. The van der Waals surface area contributed by atoms with E-state index in [4.69, 9.17) is 0 Å². The number of hydrogen-bond donors (Lipinski definition) is 2. The Labute approximate surface area is 110 Å². The molecular formula is C14H24N4. The van der Waals surface area contributed by atoms with Gasteiger partial charge in [0.05, 0.1) is 0 Å². The predicted octanol–water partition coefficient (Wildman–Crippen LogP) is 2.93. The standard InChI is InChI=1S/C14H24N4/c1-4-6-15-13-12(5-2)14(18-9-17-13)16-8-11-7-10(11)3/h9-11H,4-8H2,1-3H3,(H2,15,16,17,18). The number of aromatic nitrogens is 2. The Morgan fingerprint density at radius 2 is 1.89 bits per heavy atom. The number of hydrogen-bond acceptors (Lipinski definition) is 4. The molecule has 0 aliphatic heterocycles. The van der Waals surface area contributed by atoms with E-state index in [0.717, 1.165) is 49.4 Å². The number of nitrogens with one attached hydrogen (secondary N) is 2. The van der Waals surface area contributed by atoms with Crippen LogP contribution in [0.3, 0.4) is 0 Å². The summed E-state index contributed by atoms with van der Waals surface area (Å²) in [5.41, 5.74) is 1.21. The first kappa shape index (κ1) is 13.1. The summed E-state index contributed by atoms with van der Waals surface area (Å²) in [5, 5.41) is 6.86. The Bertz CT molecular complexity index is 391. The molecule has 4 nitrogen and oxygen atoms in total. The average molecular weight is 248 g/mol. The highest BCUT2D eigenvalue weighted by Gasteiger charge is 2.32. The zero-order valence-electron chi connectivity index (χ0n) is 11.7. The second-order valence-electron chi connectivity index (χ2n) is 5.18. The molecule has 1 aliphatic carbocycles. The lowest BCUT2D eigenvalue weighted by atomic mass is 10.2. The summed E-state index contributed by atoms with van der Waals surface area (Å²) in [4.78, 5) is 8.72. The normalized spacial score (nSPS) is 21.7. The number of rotatable bonds is 7. The van der Waals surface area contributed by atoms with Crippen LogP contribution in [0.2, 0.25) is 0 Å². The molecule has 0 spiro atoms. The van der Waals surface area contributed by atoms with E-state index in [0.29, 0.717) is 0 Å². The van der Waals surface area contributed by atoms with E-state index < -0.39 is 0 Å². The molecule has 18 heavy (non-hydrogen) atoms. The van der Waals surface area contributed by atoms with E-state index in [1.807, 2.05) is 0 Å². The fourth-order valence-electron chi connectivity index (χ4n) is 2.21. The van der Waals surface area contributed by atoms with Crippen molar-refractivity contribution in [2.75, 3.05) is 23.7 Å². The molecule has 2 atom stereocenters. The lowest BCUT2D eigenvalue weighted by Gasteiger charge is -2.14. The summed E-state index contributed by atoms with van der Waals surface area (Å²) < 4.78 is 0. The van der Waals surface area contributed by atoms with Gasteiger partial charge in [-0.1, -0.05) is 20.8 Å². The second kappa shape index (κ2) is 6.03. The van der Waals surface area contributed by atoms with Crippen molar-refractivity contribution in [2.24, 2.45) is 11.8 Å². The summed E-state index contributed by atoms with van der Waals surface area (Å²) in [7, 11) is 0.